The molecule has 0 unspecified atom stereocenters. The molecule has 2 aromatic rings. The van der Waals surface area contributed by atoms with Gasteiger partial charge in [-0.05, 0) is 42.0 Å². The van der Waals surface area contributed by atoms with Gasteiger partial charge in [0.15, 0.2) is 4.32 Å². The van der Waals surface area contributed by atoms with Gasteiger partial charge in [0.25, 0.3) is 5.91 Å². The molecule has 1 aliphatic rings. The van der Waals surface area contributed by atoms with Crippen LogP contribution in [0.5, 0.6) is 5.75 Å². The van der Waals surface area contributed by atoms with Gasteiger partial charge in [-0.25, -0.2) is 0 Å². The van der Waals surface area contributed by atoms with E-state index < -0.39 is 0 Å². The number of hydrogen-bond acceptors (Lipinski definition) is 4. The van der Waals surface area contributed by atoms with Crippen molar-refractivity contribution in [3.63, 3.8) is 0 Å². The van der Waals surface area contributed by atoms with E-state index in [1.807, 2.05) is 36.4 Å². The highest BCUT2D eigenvalue weighted by Gasteiger charge is 2.33. The number of thioether (sulfide) groups is 1. The molecule has 3 nitrogen and oxygen atoms in total. The van der Waals surface area contributed by atoms with Crippen LogP contribution in [0.25, 0.3) is 6.08 Å². The van der Waals surface area contributed by atoms with Crippen molar-refractivity contribution in [2.75, 3.05) is 11.5 Å². The second kappa shape index (κ2) is 7.87. The van der Waals surface area contributed by atoms with Crippen molar-refractivity contribution in [1.82, 2.24) is 0 Å². The highest BCUT2D eigenvalue weighted by atomic mass is 35.5. The second-order valence-corrected chi connectivity index (χ2v) is 7.28. The van der Waals surface area contributed by atoms with Gasteiger partial charge in [-0.1, -0.05) is 66.4 Å². The molecule has 1 aliphatic heterocycles. The van der Waals surface area contributed by atoms with E-state index in [1.54, 1.807) is 24.3 Å². The molecule has 3 rings (SSSR count). The molecule has 1 heterocycles. The Morgan fingerprint density at radius 1 is 1.24 bits per heavy atom. The Labute approximate surface area is 160 Å². The normalized spacial score (nSPS) is 15.7. The average molecular weight is 388 g/mol. The summed E-state index contributed by atoms with van der Waals surface area (Å²) in [5, 5.41) is 0.558. The number of benzene rings is 2. The molecule has 1 saturated heterocycles. The summed E-state index contributed by atoms with van der Waals surface area (Å²) in [6.45, 7) is 4.06. The molecule has 126 valence electrons. The number of rotatable bonds is 5. The minimum atomic E-state index is -0.158. The van der Waals surface area contributed by atoms with Gasteiger partial charge in [0.05, 0.1) is 10.6 Å². The first-order valence-electron chi connectivity index (χ1n) is 7.46. The number of anilines is 1. The summed E-state index contributed by atoms with van der Waals surface area (Å²) in [6.07, 6.45) is 3.49. The summed E-state index contributed by atoms with van der Waals surface area (Å²) in [4.78, 5) is 14.8. The predicted octanol–water partition coefficient (Wildman–Crippen LogP) is 5.31. The van der Waals surface area contributed by atoms with Gasteiger partial charge in [-0.2, -0.15) is 0 Å². The van der Waals surface area contributed by atoms with Crippen molar-refractivity contribution in [1.29, 1.82) is 0 Å². The number of carbonyl (C=O) groups is 1. The lowest BCUT2D eigenvalue weighted by Crippen LogP contribution is -2.27. The summed E-state index contributed by atoms with van der Waals surface area (Å²) in [6, 6.07) is 14.6. The number of carbonyl (C=O) groups excluding carboxylic acids is 1. The lowest BCUT2D eigenvalue weighted by atomic mass is 10.2. The van der Waals surface area contributed by atoms with Crippen molar-refractivity contribution in [3.8, 4) is 5.75 Å². The van der Waals surface area contributed by atoms with Crippen LogP contribution in [0.15, 0.2) is 66.1 Å². The SMILES string of the molecule is C=CCOc1cccc(/C=C2\SC(=S)N(c3cccc(Cl)c3)C2=O)c1. The van der Waals surface area contributed by atoms with E-state index in [2.05, 4.69) is 6.58 Å². The Balaban J connectivity index is 1.86. The molecule has 0 N–H and O–H groups in total. The lowest BCUT2D eigenvalue weighted by molar-refractivity contribution is -0.113. The molecule has 1 fully saturated rings. The van der Waals surface area contributed by atoms with Crippen LogP contribution in [0.2, 0.25) is 5.02 Å². The maximum atomic E-state index is 12.8. The Bertz CT molecular complexity index is 879. The largest absolute Gasteiger partial charge is 0.490 e. The fourth-order valence-corrected chi connectivity index (χ4v) is 3.79. The first-order valence-corrected chi connectivity index (χ1v) is 9.06. The average Bonchev–Trinajstić information content (AvgIpc) is 2.87. The third-order valence-electron chi connectivity index (χ3n) is 3.38. The van der Waals surface area contributed by atoms with E-state index in [1.165, 1.54) is 16.7 Å². The van der Waals surface area contributed by atoms with Gasteiger partial charge in [0.2, 0.25) is 0 Å². The molecule has 6 heteroatoms. The maximum absolute atomic E-state index is 12.8. The zero-order valence-electron chi connectivity index (χ0n) is 13.1. The number of nitrogens with zero attached hydrogens (tertiary/aromatic N) is 1. The first kappa shape index (κ1) is 17.7. The molecule has 0 spiro atoms. The minimum Gasteiger partial charge on any atom is -0.490 e. The van der Waals surface area contributed by atoms with Crippen molar-refractivity contribution in [3.05, 3.63) is 76.7 Å². The molecular weight excluding hydrogens is 374 g/mol. The molecule has 1 amide bonds. The highest BCUT2D eigenvalue weighted by Crippen LogP contribution is 2.36. The maximum Gasteiger partial charge on any atom is 0.270 e. The van der Waals surface area contributed by atoms with Crippen LogP contribution in [0.4, 0.5) is 5.69 Å². The number of halogens is 1. The van der Waals surface area contributed by atoms with Crippen LogP contribution in [0.3, 0.4) is 0 Å². The summed E-state index contributed by atoms with van der Waals surface area (Å²) >= 11 is 12.7. The van der Waals surface area contributed by atoms with Gasteiger partial charge >= 0.3 is 0 Å². The van der Waals surface area contributed by atoms with Gasteiger partial charge in [0, 0.05) is 5.02 Å². The fourth-order valence-electron chi connectivity index (χ4n) is 2.31. The van der Waals surface area contributed by atoms with Gasteiger partial charge in [-0.15, -0.1) is 0 Å². The molecule has 0 saturated carbocycles. The Kier molecular flexibility index (Phi) is 5.58. The number of ether oxygens (including phenoxy) is 1. The number of hydrogen-bond donors (Lipinski definition) is 0. The summed E-state index contributed by atoms with van der Waals surface area (Å²) in [5.41, 5.74) is 1.54. The van der Waals surface area contributed by atoms with E-state index in [4.69, 9.17) is 28.6 Å². The Morgan fingerprint density at radius 3 is 2.80 bits per heavy atom. The van der Waals surface area contributed by atoms with Crippen LogP contribution in [-0.2, 0) is 4.79 Å². The van der Waals surface area contributed by atoms with Crippen LogP contribution in [-0.4, -0.2) is 16.8 Å². The van der Waals surface area contributed by atoms with E-state index in [0.29, 0.717) is 26.5 Å². The molecular formula is C19H14ClNO2S2. The lowest BCUT2D eigenvalue weighted by Gasteiger charge is -2.14. The monoisotopic (exact) mass is 387 g/mol. The molecule has 25 heavy (non-hydrogen) atoms. The zero-order valence-corrected chi connectivity index (χ0v) is 15.5. The number of thiocarbonyl (C=S) groups is 1. The van der Waals surface area contributed by atoms with E-state index in [9.17, 15) is 4.79 Å². The minimum absolute atomic E-state index is 0.158. The van der Waals surface area contributed by atoms with E-state index >= 15 is 0 Å². The standard InChI is InChI=1S/C19H14ClNO2S2/c1-2-9-23-16-8-3-5-13(10-16)11-17-18(22)21(19(24)25-17)15-7-4-6-14(20)12-15/h2-8,10-12H,1,9H2/b17-11-. The van der Waals surface area contributed by atoms with Crippen molar-refractivity contribution >= 4 is 57.6 Å². The Morgan fingerprint density at radius 2 is 2.04 bits per heavy atom. The third kappa shape index (κ3) is 4.12. The smallest absolute Gasteiger partial charge is 0.270 e. The highest BCUT2D eigenvalue weighted by molar-refractivity contribution is 8.27. The van der Waals surface area contributed by atoms with Gasteiger partial charge in [0.1, 0.15) is 12.4 Å². The molecule has 0 aliphatic carbocycles. The third-order valence-corrected chi connectivity index (χ3v) is 4.92. The predicted molar refractivity (Wildman–Crippen MR) is 109 cm³/mol. The van der Waals surface area contributed by atoms with Crippen LogP contribution >= 0.6 is 35.6 Å². The zero-order chi connectivity index (χ0) is 17.8. The summed E-state index contributed by atoms with van der Waals surface area (Å²) in [7, 11) is 0. The van der Waals surface area contributed by atoms with Gasteiger partial charge in [-0.3, -0.25) is 9.69 Å². The van der Waals surface area contributed by atoms with E-state index in [-0.39, 0.29) is 5.91 Å². The second-order valence-electron chi connectivity index (χ2n) is 5.17. The van der Waals surface area contributed by atoms with Crippen LogP contribution < -0.4 is 9.64 Å². The van der Waals surface area contributed by atoms with Gasteiger partial charge < -0.3 is 4.74 Å². The quantitative estimate of drug-likeness (QED) is 0.395. The van der Waals surface area contributed by atoms with Crippen molar-refractivity contribution in [2.24, 2.45) is 0 Å². The Hall–Kier alpha value is -2.08. The molecule has 0 radical (unpaired) electrons. The van der Waals surface area contributed by atoms with Crippen LogP contribution in [0, 0.1) is 0 Å². The molecule has 0 bridgehead atoms. The van der Waals surface area contributed by atoms with E-state index in [0.717, 1.165) is 11.3 Å². The van der Waals surface area contributed by atoms with Crippen LogP contribution in [0.1, 0.15) is 5.56 Å². The summed E-state index contributed by atoms with van der Waals surface area (Å²) in [5.74, 6) is 0.564. The molecule has 2 aromatic carbocycles. The fraction of sp³-hybridized carbons (Fsp3) is 0.0526. The van der Waals surface area contributed by atoms with Crippen molar-refractivity contribution < 1.29 is 9.53 Å². The first-order chi connectivity index (χ1) is 12.1. The number of amides is 1. The topological polar surface area (TPSA) is 29.5 Å². The molecule has 0 aromatic heterocycles. The molecule has 0 atom stereocenters. The summed E-state index contributed by atoms with van der Waals surface area (Å²) < 4.78 is 6.01. The van der Waals surface area contributed by atoms with Crippen molar-refractivity contribution in [2.45, 2.75) is 0 Å².